The summed E-state index contributed by atoms with van der Waals surface area (Å²) in [5.74, 6) is -0.744. The van der Waals surface area contributed by atoms with Crippen LogP contribution >= 0.6 is 11.3 Å². The normalized spacial score (nSPS) is 9.83. The number of amides is 2. The first-order chi connectivity index (χ1) is 8.52. The fourth-order valence-electron chi connectivity index (χ4n) is 1.12. The average molecular weight is 271 g/mol. The van der Waals surface area contributed by atoms with Crippen LogP contribution in [-0.2, 0) is 16.0 Å². The van der Waals surface area contributed by atoms with Crippen LogP contribution in [0.25, 0.3) is 0 Å². The molecule has 0 saturated heterocycles. The topological polar surface area (TPSA) is 111 Å². The number of hydrogen-bond acceptors (Lipinski definition) is 6. The maximum absolute atomic E-state index is 11.5. The second-order valence-electron chi connectivity index (χ2n) is 3.27. The zero-order chi connectivity index (χ0) is 13.5. The van der Waals surface area contributed by atoms with Gasteiger partial charge < -0.3 is 15.8 Å². The number of ether oxygens (including phenoxy) is 1. The highest BCUT2D eigenvalue weighted by molar-refractivity contribution is 7.11. The number of hydrogen-bond donors (Lipinski definition) is 2. The number of carbonyl (C=O) groups is 3. The van der Waals surface area contributed by atoms with Crippen molar-refractivity contribution in [2.75, 3.05) is 13.2 Å². The first-order valence-electron chi connectivity index (χ1n) is 5.19. The van der Waals surface area contributed by atoms with E-state index in [-0.39, 0.29) is 23.8 Å². The Balaban J connectivity index is 2.54. The molecule has 8 heteroatoms. The van der Waals surface area contributed by atoms with Gasteiger partial charge >= 0.3 is 12.0 Å². The fourth-order valence-corrected chi connectivity index (χ4v) is 1.88. The number of rotatable bonds is 6. The van der Waals surface area contributed by atoms with Crippen molar-refractivity contribution < 1.29 is 19.1 Å². The van der Waals surface area contributed by atoms with Crippen LogP contribution in [0.15, 0.2) is 5.38 Å². The molecule has 0 unspecified atom stereocenters. The Bertz CT molecular complexity index is 458. The number of primary amides is 1. The van der Waals surface area contributed by atoms with Crippen LogP contribution < -0.4 is 11.1 Å². The molecule has 0 aliphatic carbocycles. The van der Waals surface area contributed by atoms with Gasteiger partial charge in [0.1, 0.15) is 0 Å². The number of carbonyl (C=O) groups excluding carboxylic acids is 3. The van der Waals surface area contributed by atoms with Crippen molar-refractivity contribution in [1.29, 1.82) is 0 Å². The summed E-state index contributed by atoms with van der Waals surface area (Å²) in [6.45, 7) is 1.81. The van der Waals surface area contributed by atoms with E-state index in [9.17, 15) is 14.4 Å². The van der Waals surface area contributed by atoms with E-state index >= 15 is 0 Å². The van der Waals surface area contributed by atoms with E-state index < -0.39 is 12.0 Å². The van der Waals surface area contributed by atoms with E-state index in [1.165, 1.54) is 0 Å². The van der Waals surface area contributed by atoms with Gasteiger partial charge in [-0.2, -0.15) is 0 Å². The second kappa shape index (κ2) is 6.70. The number of nitrogens with one attached hydrogen (secondary N) is 1. The molecule has 0 bridgehead atoms. The van der Waals surface area contributed by atoms with E-state index in [0.29, 0.717) is 12.3 Å². The van der Waals surface area contributed by atoms with Gasteiger partial charge in [0, 0.05) is 5.38 Å². The Morgan fingerprint density at radius 3 is 2.83 bits per heavy atom. The minimum absolute atomic E-state index is 0.0286. The summed E-state index contributed by atoms with van der Waals surface area (Å²) in [6, 6.07) is -0.772. The molecule has 0 saturated carbocycles. The number of Topliss-reactive ketones (excluding diaryl/α,β-unsaturated/α-hetero) is 1. The van der Waals surface area contributed by atoms with E-state index in [1.807, 2.05) is 0 Å². The lowest BCUT2D eigenvalue weighted by Crippen LogP contribution is -2.33. The quantitative estimate of drug-likeness (QED) is 0.563. The first kappa shape index (κ1) is 14.1. The van der Waals surface area contributed by atoms with E-state index in [1.54, 1.807) is 12.3 Å². The highest BCUT2D eigenvalue weighted by Gasteiger charge is 2.13. The number of aromatic nitrogens is 1. The summed E-state index contributed by atoms with van der Waals surface area (Å²) in [6.07, 6.45) is 0.0286. The zero-order valence-corrected chi connectivity index (χ0v) is 10.6. The fraction of sp³-hybridized carbons (Fsp3) is 0.400. The van der Waals surface area contributed by atoms with Gasteiger partial charge in [-0.25, -0.2) is 9.78 Å². The molecule has 1 heterocycles. The molecule has 0 atom stereocenters. The van der Waals surface area contributed by atoms with E-state index in [0.717, 1.165) is 11.3 Å². The van der Waals surface area contributed by atoms with Crippen LogP contribution in [0.3, 0.4) is 0 Å². The molecule has 0 aliphatic heterocycles. The molecule has 1 rings (SSSR count). The van der Waals surface area contributed by atoms with Crippen LogP contribution in [0.2, 0.25) is 0 Å². The third kappa shape index (κ3) is 4.50. The lowest BCUT2D eigenvalue weighted by molar-refractivity contribution is -0.142. The molecule has 0 aliphatic rings. The molecule has 0 aromatic carbocycles. The predicted octanol–water partition coefficient (Wildman–Crippen LogP) is 0.0997. The first-order valence-corrected chi connectivity index (χ1v) is 6.07. The number of esters is 1. The summed E-state index contributed by atoms with van der Waals surface area (Å²) >= 11 is 1.11. The van der Waals surface area contributed by atoms with Crippen molar-refractivity contribution in [3.63, 3.8) is 0 Å². The third-order valence-electron chi connectivity index (χ3n) is 1.84. The van der Waals surface area contributed by atoms with Crippen LogP contribution in [0.1, 0.15) is 22.4 Å². The lowest BCUT2D eigenvalue weighted by atomic mass is 10.3. The molecule has 2 amide bonds. The number of urea groups is 1. The molecular weight excluding hydrogens is 258 g/mol. The van der Waals surface area contributed by atoms with Gasteiger partial charge in [-0.15, -0.1) is 11.3 Å². The van der Waals surface area contributed by atoms with Crippen molar-refractivity contribution in [2.45, 2.75) is 13.3 Å². The molecule has 18 heavy (non-hydrogen) atoms. The smallest absolute Gasteiger partial charge is 0.312 e. The Morgan fingerprint density at radius 1 is 1.50 bits per heavy atom. The zero-order valence-electron chi connectivity index (χ0n) is 9.76. The van der Waals surface area contributed by atoms with Gasteiger partial charge in [0.2, 0.25) is 5.78 Å². The molecule has 0 spiro atoms. The SMILES string of the molecule is CCOC(=O)Cc1csc(C(=O)CNC(N)=O)n1. The Hall–Kier alpha value is -1.96. The molecule has 3 N–H and O–H groups in total. The second-order valence-corrected chi connectivity index (χ2v) is 4.12. The van der Waals surface area contributed by atoms with E-state index in [2.05, 4.69) is 10.3 Å². The predicted molar refractivity (Wildman–Crippen MR) is 64.4 cm³/mol. The Kier molecular flexibility index (Phi) is 5.25. The van der Waals surface area contributed by atoms with Crippen molar-refractivity contribution in [3.05, 3.63) is 16.1 Å². The van der Waals surface area contributed by atoms with Gasteiger partial charge in [0.05, 0.1) is 25.3 Å². The van der Waals surface area contributed by atoms with Gasteiger partial charge in [0.15, 0.2) is 5.01 Å². The molecule has 1 aromatic heterocycles. The highest BCUT2D eigenvalue weighted by Crippen LogP contribution is 2.11. The number of ketones is 1. The number of nitrogens with zero attached hydrogens (tertiary/aromatic N) is 1. The van der Waals surface area contributed by atoms with Gasteiger partial charge in [-0.1, -0.05) is 0 Å². The van der Waals surface area contributed by atoms with Crippen molar-refractivity contribution in [3.8, 4) is 0 Å². The van der Waals surface area contributed by atoms with Crippen LogP contribution in [0.4, 0.5) is 4.79 Å². The summed E-state index contributed by atoms with van der Waals surface area (Å²) in [5.41, 5.74) is 5.32. The van der Waals surface area contributed by atoms with Gasteiger partial charge in [0.25, 0.3) is 0 Å². The third-order valence-corrected chi connectivity index (χ3v) is 2.78. The highest BCUT2D eigenvalue weighted by atomic mass is 32.1. The van der Waals surface area contributed by atoms with Crippen LogP contribution in [0, 0.1) is 0 Å². The summed E-state index contributed by atoms with van der Waals surface area (Å²) in [5, 5.41) is 4.01. The van der Waals surface area contributed by atoms with Gasteiger partial charge in [-0.05, 0) is 6.92 Å². The van der Waals surface area contributed by atoms with Crippen LogP contribution in [0.5, 0.6) is 0 Å². The molecule has 1 aromatic rings. The standard InChI is InChI=1S/C10H13N3O4S/c1-2-17-8(15)3-6-5-18-9(13-6)7(14)4-12-10(11)16/h5H,2-4H2,1H3,(H3,11,12,16). The Labute approximate surface area is 107 Å². The molecule has 98 valence electrons. The molecular formula is C10H13N3O4S. The monoisotopic (exact) mass is 271 g/mol. The average Bonchev–Trinajstić information content (AvgIpc) is 2.74. The van der Waals surface area contributed by atoms with Crippen LogP contribution in [-0.4, -0.2) is 35.9 Å². The lowest BCUT2D eigenvalue weighted by Gasteiger charge is -1.98. The minimum atomic E-state index is -0.772. The molecule has 0 radical (unpaired) electrons. The van der Waals surface area contributed by atoms with Crippen molar-refractivity contribution >= 4 is 29.1 Å². The van der Waals surface area contributed by atoms with Gasteiger partial charge in [-0.3, -0.25) is 9.59 Å². The van der Waals surface area contributed by atoms with E-state index in [4.69, 9.17) is 10.5 Å². The summed E-state index contributed by atoms with van der Waals surface area (Å²) in [7, 11) is 0. The van der Waals surface area contributed by atoms with Crippen molar-refractivity contribution in [1.82, 2.24) is 10.3 Å². The summed E-state index contributed by atoms with van der Waals surface area (Å²) in [4.78, 5) is 37.2. The maximum atomic E-state index is 11.5. The Morgan fingerprint density at radius 2 is 2.22 bits per heavy atom. The molecule has 0 fully saturated rings. The maximum Gasteiger partial charge on any atom is 0.312 e. The minimum Gasteiger partial charge on any atom is -0.466 e. The largest absolute Gasteiger partial charge is 0.466 e. The molecule has 7 nitrogen and oxygen atoms in total. The number of nitrogens with two attached hydrogens (primary N) is 1. The number of thiazole rings is 1. The van der Waals surface area contributed by atoms with Crippen molar-refractivity contribution in [2.24, 2.45) is 5.73 Å². The summed E-state index contributed by atoms with van der Waals surface area (Å²) < 4.78 is 4.76.